The zero-order chi connectivity index (χ0) is 21.2. The van der Waals surface area contributed by atoms with E-state index < -0.39 is 0 Å². The highest BCUT2D eigenvalue weighted by Crippen LogP contribution is 2.18. The number of benzene rings is 2. The number of nitrogens with zero attached hydrogens (tertiary/aromatic N) is 1. The molecule has 2 aromatic rings. The van der Waals surface area contributed by atoms with E-state index >= 15 is 0 Å². The predicted octanol–water partition coefficient (Wildman–Crippen LogP) is 4.44. The van der Waals surface area contributed by atoms with Crippen LogP contribution in [0.5, 0.6) is 5.75 Å². The van der Waals surface area contributed by atoms with Crippen LogP contribution >= 0.6 is 0 Å². The van der Waals surface area contributed by atoms with Crippen LogP contribution < -0.4 is 10.1 Å². The smallest absolute Gasteiger partial charge is 0.338 e. The lowest BCUT2D eigenvalue weighted by atomic mass is 9.95. The molecule has 6 heteroatoms. The van der Waals surface area contributed by atoms with Gasteiger partial charge in [-0.2, -0.15) is 0 Å². The average molecular weight is 408 g/mol. The van der Waals surface area contributed by atoms with Crippen molar-refractivity contribution in [1.29, 1.82) is 0 Å². The van der Waals surface area contributed by atoms with Crippen LogP contribution in [0.4, 0.5) is 5.69 Å². The zero-order valence-electron chi connectivity index (χ0n) is 17.3. The summed E-state index contributed by atoms with van der Waals surface area (Å²) in [6.45, 7) is 2.15. The zero-order valence-corrected chi connectivity index (χ0v) is 17.3. The predicted molar refractivity (Wildman–Crippen MR) is 117 cm³/mol. The minimum atomic E-state index is -0.337. The van der Waals surface area contributed by atoms with E-state index in [1.807, 2.05) is 24.3 Å². The second-order valence-corrected chi connectivity index (χ2v) is 7.29. The summed E-state index contributed by atoms with van der Waals surface area (Å²) in [4.78, 5) is 28.1. The van der Waals surface area contributed by atoms with E-state index in [0.29, 0.717) is 24.0 Å². The van der Waals surface area contributed by atoms with E-state index in [0.717, 1.165) is 24.1 Å². The molecule has 0 spiro atoms. The lowest BCUT2D eigenvalue weighted by molar-refractivity contribution is -0.124. The summed E-state index contributed by atoms with van der Waals surface area (Å²) in [5.41, 5.74) is 2.15. The van der Waals surface area contributed by atoms with Gasteiger partial charge in [0, 0.05) is 12.3 Å². The highest BCUT2D eigenvalue weighted by atomic mass is 16.5. The summed E-state index contributed by atoms with van der Waals surface area (Å²) in [6.07, 6.45) is 7.49. The molecule has 0 radical (unpaired) electrons. The standard InChI is InChI=1S/C24H28N2O4/c1-2-29-24(28)19-10-12-20(13-11-19)25-16-18-8-14-22(15-9-18)30-17-23(27)26-21-6-4-3-5-7-21/h8-16,21H,2-7,17H2,1H3,(H,26,27). The molecule has 1 aliphatic rings. The van der Waals surface area contributed by atoms with Gasteiger partial charge in [-0.3, -0.25) is 9.79 Å². The summed E-state index contributed by atoms with van der Waals surface area (Å²) in [5.74, 6) is 0.236. The van der Waals surface area contributed by atoms with Gasteiger partial charge >= 0.3 is 5.97 Å². The van der Waals surface area contributed by atoms with Gasteiger partial charge in [-0.05, 0) is 73.9 Å². The highest BCUT2D eigenvalue weighted by molar-refractivity contribution is 5.90. The van der Waals surface area contributed by atoms with Gasteiger partial charge in [0.2, 0.25) is 0 Å². The molecule has 1 saturated carbocycles. The van der Waals surface area contributed by atoms with E-state index in [1.165, 1.54) is 19.3 Å². The summed E-state index contributed by atoms with van der Waals surface area (Å²) >= 11 is 0. The van der Waals surface area contributed by atoms with Gasteiger partial charge in [-0.15, -0.1) is 0 Å². The Balaban J connectivity index is 1.46. The number of carbonyl (C=O) groups is 2. The Morgan fingerprint density at radius 2 is 1.73 bits per heavy atom. The molecule has 1 aliphatic carbocycles. The number of ether oxygens (including phenoxy) is 2. The Labute approximate surface area is 177 Å². The maximum absolute atomic E-state index is 12.0. The first kappa shape index (κ1) is 21.6. The molecular formula is C24H28N2O4. The Bertz CT molecular complexity index is 854. The highest BCUT2D eigenvalue weighted by Gasteiger charge is 2.15. The summed E-state index contributed by atoms with van der Waals surface area (Å²) in [5, 5.41) is 3.04. The van der Waals surface area contributed by atoms with Gasteiger partial charge < -0.3 is 14.8 Å². The van der Waals surface area contributed by atoms with Crippen LogP contribution in [0.15, 0.2) is 53.5 Å². The molecule has 6 nitrogen and oxygen atoms in total. The van der Waals surface area contributed by atoms with Crippen molar-refractivity contribution in [2.24, 2.45) is 4.99 Å². The first-order chi connectivity index (χ1) is 14.6. The molecule has 3 rings (SSSR count). The van der Waals surface area contributed by atoms with Gasteiger partial charge in [-0.1, -0.05) is 19.3 Å². The molecule has 2 aromatic carbocycles. The molecule has 0 saturated heterocycles. The third kappa shape index (κ3) is 6.72. The SMILES string of the molecule is CCOC(=O)c1ccc(N=Cc2ccc(OCC(=O)NC3CCCCC3)cc2)cc1. The molecule has 1 fully saturated rings. The fourth-order valence-electron chi connectivity index (χ4n) is 3.36. The first-order valence-electron chi connectivity index (χ1n) is 10.5. The van der Waals surface area contributed by atoms with E-state index in [-0.39, 0.29) is 18.5 Å². The van der Waals surface area contributed by atoms with Crippen molar-refractivity contribution in [3.05, 3.63) is 59.7 Å². The molecule has 1 N–H and O–H groups in total. The maximum Gasteiger partial charge on any atom is 0.338 e. The van der Waals surface area contributed by atoms with E-state index in [1.54, 1.807) is 37.4 Å². The van der Waals surface area contributed by atoms with Crippen molar-refractivity contribution in [3.8, 4) is 5.75 Å². The van der Waals surface area contributed by atoms with Crippen LogP contribution in [0.25, 0.3) is 0 Å². The monoisotopic (exact) mass is 408 g/mol. The molecule has 1 amide bonds. The van der Waals surface area contributed by atoms with Crippen LogP contribution in [-0.2, 0) is 9.53 Å². The van der Waals surface area contributed by atoms with Gasteiger partial charge in [0.1, 0.15) is 5.75 Å². The fraction of sp³-hybridized carbons (Fsp3) is 0.375. The van der Waals surface area contributed by atoms with Gasteiger partial charge in [0.15, 0.2) is 6.61 Å². The molecule has 0 unspecified atom stereocenters. The van der Waals surface area contributed by atoms with E-state index in [9.17, 15) is 9.59 Å². The van der Waals surface area contributed by atoms with Gasteiger partial charge in [0.25, 0.3) is 5.91 Å². The van der Waals surface area contributed by atoms with Crippen LogP contribution in [0.1, 0.15) is 54.9 Å². The number of nitrogens with one attached hydrogen (secondary N) is 1. The third-order valence-electron chi connectivity index (χ3n) is 4.96. The topological polar surface area (TPSA) is 77.0 Å². The van der Waals surface area contributed by atoms with Crippen LogP contribution in [-0.4, -0.2) is 37.3 Å². The Hall–Kier alpha value is -3.15. The van der Waals surface area contributed by atoms with Crippen LogP contribution in [0.2, 0.25) is 0 Å². The Morgan fingerprint density at radius 3 is 2.40 bits per heavy atom. The Kier molecular flexibility index (Phi) is 8.01. The number of hydrogen-bond donors (Lipinski definition) is 1. The molecule has 0 bridgehead atoms. The van der Waals surface area contributed by atoms with Crippen molar-refractivity contribution in [3.63, 3.8) is 0 Å². The second kappa shape index (κ2) is 11.1. The average Bonchev–Trinajstić information content (AvgIpc) is 2.78. The van der Waals surface area contributed by atoms with Crippen LogP contribution in [0.3, 0.4) is 0 Å². The first-order valence-corrected chi connectivity index (χ1v) is 10.5. The Morgan fingerprint density at radius 1 is 1.03 bits per heavy atom. The number of esters is 1. The van der Waals surface area contributed by atoms with Crippen molar-refractivity contribution < 1.29 is 19.1 Å². The largest absolute Gasteiger partial charge is 0.484 e. The summed E-state index contributed by atoms with van der Waals surface area (Å²) in [7, 11) is 0. The van der Waals surface area contributed by atoms with Crippen molar-refractivity contribution in [1.82, 2.24) is 5.32 Å². The van der Waals surface area contributed by atoms with E-state index in [2.05, 4.69) is 10.3 Å². The summed E-state index contributed by atoms with van der Waals surface area (Å²) in [6, 6.07) is 14.6. The number of amides is 1. The number of aliphatic imine (C=N–C) groups is 1. The molecule has 0 atom stereocenters. The minimum Gasteiger partial charge on any atom is -0.484 e. The minimum absolute atomic E-state index is 0.0246. The van der Waals surface area contributed by atoms with Crippen molar-refractivity contribution >= 4 is 23.8 Å². The maximum atomic E-state index is 12.0. The third-order valence-corrected chi connectivity index (χ3v) is 4.96. The molecule has 158 valence electrons. The van der Waals surface area contributed by atoms with Crippen LogP contribution in [0, 0.1) is 0 Å². The number of carbonyl (C=O) groups excluding carboxylic acids is 2. The fourth-order valence-corrected chi connectivity index (χ4v) is 3.36. The lowest BCUT2D eigenvalue weighted by Crippen LogP contribution is -2.38. The molecular weight excluding hydrogens is 380 g/mol. The molecule has 0 aromatic heterocycles. The van der Waals surface area contributed by atoms with Crippen molar-refractivity contribution in [2.45, 2.75) is 45.1 Å². The normalized spacial score (nSPS) is 14.4. The molecule has 30 heavy (non-hydrogen) atoms. The molecule has 0 aliphatic heterocycles. The van der Waals surface area contributed by atoms with Gasteiger partial charge in [0.05, 0.1) is 17.9 Å². The van der Waals surface area contributed by atoms with Crippen molar-refractivity contribution in [2.75, 3.05) is 13.2 Å². The molecule has 0 heterocycles. The number of rotatable bonds is 8. The van der Waals surface area contributed by atoms with Gasteiger partial charge in [-0.25, -0.2) is 4.79 Å². The number of hydrogen-bond acceptors (Lipinski definition) is 5. The van der Waals surface area contributed by atoms with E-state index in [4.69, 9.17) is 9.47 Å². The second-order valence-electron chi connectivity index (χ2n) is 7.29. The lowest BCUT2D eigenvalue weighted by Gasteiger charge is -2.22. The quantitative estimate of drug-likeness (QED) is 0.517. The summed E-state index contributed by atoms with van der Waals surface area (Å²) < 4.78 is 10.5.